The SMILES string of the molecule is Cc1cnc2c3c1oc1c(C(C)(C)C)ccc(c13)C(C)(C)c1cc3ccccc3cc1-2. The molecule has 0 unspecified atom stereocenters. The van der Waals surface area contributed by atoms with Crippen LogP contribution < -0.4 is 0 Å². The standard InChI is InChI=1S/C29H27NO/c1-16-15-30-25-19-13-17-9-7-8-10-18(17)14-22(19)29(5,6)20-11-12-21(28(2,3)4)27-23(20)24(25)26(16)31-27/h7-15H,1-6H3. The number of rotatable bonds is 0. The van der Waals surface area contributed by atoms with Crippen molar-refractivity contribution in [1.82, 2.24) is 4.98 Å². The van der Waals surface area contributed by atoms with E-state index in [1.54, 1.807) is 0 Å². The molecule has 0 N–H and O–H groups in total. The molecular weight excluding hydrogens is 378 g/mol. The van der Waals surface area contributed by atoms with Crippen molar-refractivity contribution in [2.24, 2.45) is 0 Å². The van der Waals surface area contributed by atoms with Gasteiger partial charge in [0.1, 0.15) is 11.2 Å². The van der Waals surface area contributed by atoms with E-state index in [1.165, 1.54) is 43.8 Å². The Morgan fingerprint density at radius 2 is 1.55 bits per heavy atom. The second-order valence-corrected chi connectivity index (χ2v) is 10.6. The number of nitrogens with zero attached hydrogens (tertiary/aromatic N) is 1. The molecule has 0 bridgehead atoms. The second kappa shape index (κ2) is 5.76. The molecule has 3 aromatic carbocycles. The first kappa shape index (κ1) is 18.6. The quantitative estimate of drug-likeness (QED) is 0.260. The number of benzene rings is 3. The van der Waals surface area contributed by atoms with Gasteiger partial charge in [0.05, 0.1) is 11.1 Å². The van der Waals surface area contributed by atoms with Gasteiger partial charge in [-0.05, 0) is 46.4 Å². The zero-order chi connectivity index (χ0) is 21.7. The molecule has 2 nitrogen and oxygen atoms in total. The molecule has 5 aromatic rings. The maximum absolute atomic E-state index is 6.65. The van der Waals surface area contributed by atoms with Crippen molar-refractivity contribution in [3.63, 3.8) is 0 Å². The third-order valence-electron chi connectivity index (χ3n) is 7.12. The molecule has 1 aliphatic carbocycles. The Balaban J connectivity index is 1.89. The van der Waals surface area contributed by atoms with Gasteiger partial charge in [-0.15, -0.1) is 0 Å². The minimum Gasteiger partial charge on any atom is -0.455 e. The van der Waals surface area contributed by atoms with Crippen LogP contribution in [0.3, 0.4) is 0 Å². The second-order valence-electron chi connectivity index (χ2n) is 10.6. The van der Waals surface area contributed by atoms with E-state index >= 15 is 0 Å². The van der Waals surface area contributed by atoms with E-state index in [-0.39, 0.29) is 10.8 Å². The lowest BCUT2D eigenvalue weighted by molar-refractivity contribution is 0.570. The molecule has 0 saturated heterocycles. The molecule has 0 atom stereocenters. The minimum absolute atomic E-state index is 0.00805. The summed E-state index contributed by atoms with van der Waals surface area (Å²) in [6, 6.07) is 17.9. The molecular formula is C29H27NO. The van der Waals surface area contributed by atoms with Crippen LogP contribution in [0.1, 0.15) is 56.9 Å². The summed E-state index contributed by atoms with van der Waals surface area (Å²) < 4.78 is 6.65. The number of hydrogen-bond acceptors (Lipinski definition) is 2. The summed E-state index contributed by atoms with van der Waals surface area (Å²) in [5.74, 6) is 0. The van der Waals surface area contributed by atoms with Crippen molar-refractivity contribution in [3.05, 3.63) is 77.0 Å². The molecule has 0 amide bonds. The van der Waals surface area contributed by atoms with Crippen LogP contribution in [0.5, 0.6) is 0 Å². The zero-order valence-corrected chi connectivity index (χ0v) is 19.1. The van der Waals surface area contributed by atoms with Gasteiger partial charge in [0.25, 0.3) is 0 Å². The zero-order valence-electron chi connectivity index (χ0n) is 19.1. The van der Waals surface area contributed by atoms with Crippen molar-refractivity contribution in [2.75, 3.05) is 0 Å². The van der Waals surface area contributed by atoms with Crippen LogP contribution in [0.15, 0.2) is 59.1 Å². The van der Waals surface area contributed by atoms with E-state index in [0.717, 1.165) is 22.4 Å². The fraction of sp³-hybridized carbons (Fsp3) is 0.276. The lowest BCUT2D eigenvalue weighted by Crippen LogP contribution is -2.20. The average Bonchev–Trinajstić information content (AvgIpc) is 3.09. The number of aromatic nitrogens is 1. The van der Waals surface area contributed by atoms with Crippen LogP contribution in [0.4, 0.5) is 0 Å². The van der Waals surface area contributed by atoms with E-state index in [2.05, 4.69) is 90.1 Å². The number of fused-ring (bicyclic) bond motifs is 3. The largest absolute Gasteiger partial charge is 0.455 e. The van der Waals surface area contributed by atoms with Crippen LogP contribution in [0.25, 0.3) is 44.0 Å². The van der Waals surface area contributed by atoms with Crippen LogP contribution in [-0.2, 0) is 10.8 Å². The maximum atomic E-state index is 6.65. The molecule has 31 heavy (non-hydrogen) atoms. The summed E-state index contributed by atoms with van der Waals surface area (Å²) in [4.78, 5) is 5.00. The number of aryl methyl sites for hydroxylation is 1. The summed E-state index contributed by atoms with van der Waals surface area (Å²) in [5.41, 5.74) is 9.02. The highest BCUT2D eigenvalue weighted by molar-refractivity contribution is 6.16. The van der Waals surface area contributed by atoms with Crippen LogP contribution >= 0.6 is 0 Å². The first-order valence-electron chi connectivity index (χ1n) is 11.1. The van der Waals surface area contributed by atoms with Crippen molar-refractivity contribution in [3.8, 4) is 11.3 Å². The minimum atomic E-state index is -0.181. The van der Waals surface area contributed by atoms with E-state index in [4.69, 9.17) is 9.40 Å². The fourth-order valence-electron chi connectivity index (χ4n) is 5.41. The van der Waals surface area contributed by atoms with Crippen LogP contribution in [0, 0.1) is 6.92 Å². The van der Waals surface area contributed by atoms with Gasteiger partial charge in [-0.25, -0.2) is 0 Å². The van der Waals surface area contributed by atoms with E-state index in [1.807, 2.05) is 6.20 Å². The van der Waals surface area contributed by atoms with Crippen molar-refractivity contribution >= 4 is 32.7 Å². The van der Waals surface area contributed by atoms with Gasteiger partial charge in [0, 0.05) is 33.7 Å². The highest BCUT2D eigenvalue weighted by Crippen LogP contribution is 2.51. The Morgan fingerprint density at radius 3 is 2.26 bits per heavy atom. The smallest absolute Gasteiger partial charge is 0.142 e. The number of pyridine rings is 1. The Morgan fingerprint density at radius 1 is 0.839 bits per heavy atom. The van der Waals surface area contributed by atoms with Gasteiger partial charge in [0.15, 0.2) is 0 Å². The highest BCUT2D eigenvalue weighted by atomic mass is 16.3. The molecule has 0 radical (unpaired) electrons. The number of furan rings is 1. The third kappa shape index (κ3) is 2.36. The van der Waals surface area contributed by atoms with Gasteiger partial charge >= 0.3 is 0 Å². The molecule has 1 aliphatic rings. The molecule has 0 saturated carbocycles. The summed E-state index contributed by atoms with van der Waals surface area (Å²) >= 11 is 0. The lowest BCUT2D eigenvalue weighted by Gasteiger charge is -2.29. The lowest BCUT2D eigenvalue weighted by atomic mass is 9.74. The van der Waals surface area contributed by atoms with E-state index in [9.17, 15) is 0 Å². The van der Waals surface area contributed by atoms with E-state index in [0.29, 0.717) is 0 Å². The normalized spacial score (nSPS) is 15.0. The van der Waals surface area contributed by atoms with Gasteiger partial charge in [-0.2, -0.15) is 0 Å². The molecule has 2 heterocycles. The Bertz CT molecular complexity index is 1540. The van der Waals surface area contributed by atoms with E-state index < -0.39 is 0 Å². The Labute approximate surface area is 182 Å². The fourth-order valence-corrected chi connectivity index (χ4v) is 5.41. The third-order valence-corrected chi connectivity index (χ3v) is 7.12. The van der Waals surface area contributed by atoms with Gasteiger partial charge in [-0.1, -0.05) is 71.0 Å². The Kier molecular flexibility index (Phi) is 3.46. The highest BCUT2D eigenvalue weighted by Gasteiger charge is 2.36. The van der Waals surface area contributed by atoms with Gasteiger partial charge < -0.3 is 4.42 Å². The topological polar surface area (TPSA) is 26.0 Å². The first-order chi connectivity index (χ1) is 14.7. The molecule has 6 rings (SSSR count). The maximum Gasteiger partial charge on any atom is 0.142 e. The number of hydrogen-bond donors (Lipinski definition) is 0. The summed E-state index contributed by atoms with van der Waals surface area (Å²) in [6.45, 7) is 13.5. The summed E-state index contributed by atoms with van der Waals surface area (Å²) in [6.07, 6.45) is 1.97. The van der Waals surface area contributed by atoms with Crippen molar-refractivity contribution in [2.45, 2.75) is 52.4 Å². The van der Waals surface area contributed by atoms with Crippen LogP contribution in [-0.4, -0.2) is 4.98 Å². The molecule has 154 valence electrons. The van der Waals surface area contributed by atoms with Gasteiger partial charge in [0.2, 0.25) is 0 Å². The van der Waals surface area contributed by atoms with Crippen LogP contribution in [0.2, 0.25) is 0 Å². The molecule has 2 aromatic heterocycles. The van der Waals surface area contributed by atoms with Crippen molar-refractivity contribution < 1.29 is 4.42 Å². The molecule has 0 aliphatic heterocycles. The Hall–Kier alpha value is -3.13. The summed E-state index contributed by atoms with van der Waals surface area (Å²) in [5, 5.41) is 4.91. The average molecular weight is 406 g/mol. The monoisotopic (exact) mass is 405 g/mol. The molecule has 0 fully saturated rings. The van der Waals surface area contributed by atoms with Crippen molar-refractivity contribution in [1.29, 1.82) is 0 Å². The van der Waals surface area contributed by atoms with Gasteiger partial charge in [-0.3, -0.25) is 4.98 Å². The predicted molar refractivity (Wildman–Crippen MR) is 130 cm³/mol. The molecule has 0 spiro atoms. The molecule has 2 heteroatoms. The summed E-state index contributed by atoms with van der Waals surface area (Å²) in [7, 11) is 0. The first-order valence-corrected chi connectivity index (χ1v) is 11.1. The predicted octanol–water partition coefficient (Wildman–Crippen LogP) is 8.05.